The molecule has 1 saturated carbocycles. The molecule has 1 fully saturated rings. The summed E-state index contributed by atoms with van der Waals surface area (Å²) in [6.45, 7) is 1.22. The van der Waals surface area contributed by atoms with Gasteiger partial charge in [-0.05, 0) is 66.5 Å². The molecule has 2 aromatic carbocycles. The van der Waals surface area contributed by atoms with Gasteiger partial charge in [0.05, 0.1) is 13.2 Å². The fraction of sp³-hybridized carbons (Fsp3) is 0.435. The lowest BCUT2D eigenvalue weighted by atomic mass is 9.68. The minimum absolute atomic E-state index is 0.109. The van der Waals surface area contributed by atoms with Crippen LogP contribution in [0.2, 0.25) is 5.02 Å². The van der Waals surface area contributed by atoms with Crippen molar-refractivity contribution in [2.75, 3.05) is 6.61 Å². The first-order chi connectivity index (χ1) is 13.5. The molecule has 0 unspecified atom stereocenters. The standard InChI is InChI=1S/C23H30ClN3O/c24-20-6-4-5-19(15-20)16-23(11-2-1-3-12-23)13-14-28-21-9-7-18(8-10-21)17-27-22(25)26/h4-10,15H,1-3,11-14,16-17H2,(H4,25,26,27). The molecule has 5 heteroatoms. The molecule has 1 aliphatic carbocycles. The minimum atomic E-state index is 0.109. The van der Waals surface area contributed by atoms with Gasteiger partial charge in [-0.1, -0.05) is 55.1 Å². The summed E-state index contributed by atoms with van der Waals surface area (Å²) in [5, 5.41) is 0.820. The number of nitrogens with zero attached hydrogens (tertiary/aromatic N) is 1. The average molecular weight is 400 g/mol. The van der Waals surface area contributed by atoms with Crippen molar-refractivity contribution in [3.63, 3.8) is 0 Å². The average Bonchev–Trinajstić information content (AvgIpc) is 2.68. The Balaban J connectivity index is 1.57. The molecule has 4 N–H and O–H groups in total. The molecule has 0 spiro atoms. The maximum atomic E-state index is 6.20. The second-order valence-corrected chi connectivity index (χ2v) is 8.29. The number of ether oxygens (including phenoxy) is 1. The number of hydrogen-bond acceptors (Lipinski definition) is 2. The SMILES string of the molecule is NC(N)=NCc1ccc(OCCC2(Cc3cccc(Cl)c3)CCCCC2)cc1. The summed E-state index contributed by atoms with van der Waals surface area (Å²) in [4.78, 5) is 4.02. The maximum absolute atomic E-state index is 6.20. The van der Waals surface area contributed by atoms with E-state index in [0.717, 1.165) is 35.8 Å². The van der Waals surface area contributed by atoms with Gasteiger partial charge in [0.15, 0.2) is 5.96 Å². The Kier molecular flexibility index (Phi) is 7.21. The first kappa shape index (κ1) is 20.5. The highest BCUT2D eigenvalue weighted by Gasteiger charge is 2.32. The van der Waals surface area contributed by atoms with Crippen LogP contribution in [0.15, 0.2) is 53.5 Å². The normalized spacial score (nSPS) is 15.8. The van der Waals surface area contributed by atoms with E-state index in [1.807, 2.05) is 30.3 Å². The third-order valence-electron chi connectivity index (χ3n) is 5.65. The molecule has 0 saturated heterocycles. The zero-order valence-electron chi connectivity index (χ0n) is 16.4. The molecule has 4 nitrogen and oxygen atoms in total. The van der Waals surface area contributed by atoms with E-state index in [-0.39, 0.29) is 5.96 Å². The maximum Gasteiger partial charge on any atom is 0.186 e. The van der Waals surface area contributed by atoms with Crippen molar-refractivity contribution in [2.24, 2.45) is 21.9 Å². The van der Waals surface area contributed by atoms with E-state index in [9.17, 15) is 0 Å². The zero-order valence-corrected chi connectivity index (χ0v) is 17.1. The molecule has 0 heterocycles. The Morgan fingerprint density at radius 2 is 1.75 bits per heavy atom. The van der Waals surface area contributed by atoms with Gasteiger partial charge < -0.3 is 16.2 Å². The van der Waals surface area contributed by atoms with Crippen molar-refractivity contribution in [1.29, 1.82) is 0 Å². The van der Waals surface area contributed by atoms with Crippen LogP contribution in [0.5, 0.6) is 5.75 Å². The van der Waals surface area contributed by atoms with E-state index < -0.39 is 0 Å². The van der Waals surface area contributed by atoms with Crippen LogP contribution in [0.25, 0.3) is 0 Å². The fourth-order valence-corrected chi connectivity index (χ4v) is 4.37. The highest BCUT2D eigenvalue weighted by atomic mass is 35.5. The Hall–Kier alpha value is -2.20. The summed E-state index contributed by atoms with van der Waals surface area (Å²) in [6.07, 6.45) is 8.62. The zero-order chi connectivity index (χ0) is 19.8. The quantitative estimate of drug-likeness (QED) is 0.480. The van der Waals surface area contributed by atoms with Crippen LogP contribution in [0.1, 0.15) is 49.7 Å². The van der Waals surface area contributed by atoms with Gasteiger partial charge in [-0.2, -0.15) is 0 Å². The molecular weight excluding hydrogens is 370 g/mol. The number of aliphatic imine (C=N–C) groups is 1. The van der Waals surface area contributed by atoms with E-state index >= 15 is 0 Å². The molecule has 150 valence electrons. The van der Waals surface area contributed by atoms with Gasteiger partial charge in [0, 0.05) is 5.02 Å². The molecule has 0 aliphatic heterocycles. The molecule has 2 aromatic rings. The van der Waals surface area contributed by atoms with E-state index in [2.05, 4.69) is 23.2 Å². The number of rotatable bonds is 8. The predicted molar refractivity (Wildman–Crippen MR) is 117 cm³/mol. The molecule has 1 aliphatic rings. The second kappa shape index (κ2) is 9.83. The number of nitrogens with two attached hydrogens (primary N) is 2. The number of halogens is 1. The van der Waals surface area contributed by atoms with Crippen molar-refractivity contribution < 1.29 is 4.74 Å². The minimum Gasteiger partial charge on any atom is -0.494 e. The Bertz CT molecular complexity index is 779. The molecule has 0 atom stereocenters. The van der Waals surface area contributed by atoms with E-state index in [4.69, 9.17) is 27.8 Å². The summed E-state index contributed by atoms with van der Waals surface area (Å²) >= 11 is 6.20. The van der Waals surface area contributed by atoms with Crippen LogP contribution in [0, 0.1) is 5.41 Å². The van der Waals surface area contributed by atoms with Crippen molar-refractivity contribution in [3.05, 3.63) is 64.7 Å². The predicted octanol–water partition coefficient (Wildman–Crippen LogP) is 5.08. The Morgan fingerprint density at radius 3 is 2.43 bits per heavy atom. The smallest absolute Gasteiger partial charge is 0.186 e. The van der Waals surface area contributed by atoms with E-state index in [1.165, 1.54) is 37.7 Å². The summed E-state index contributed by atoms with van der Waals surface area (Å²) in [5.74, 6) is 1.000. The number of benzene rings is 2. The molecule has 0 amide bonds. The molecule has 0 bridgehead atoms. The monoisotopic (exact) mass is 399 g/mol. The third-order valence-corrected chi connectivity index (χ3v) is 5.89. The molecule has 28 heavy (non-hydrogen) atoms. The van der Waals surface area contributed by atoms with Crippen molar-refractivity contribution >= 4 is 17.6 Å². The van der Waals surface area contributed by atoms with Gasteiger partial charge in [0.25, 0.3) is 0 Å². The molecule has 0 radical (unpaired) electrons. The third kappa shape index (κ3) is 6.16. The summed E-state index contributed by atoms with van der Waals surface area (Å²) < 4.78 is 6.06. The van der Waals surface area contributed by atoms with Crippen molar-refractivity contribution in [2.45, 2.75) is 51.5 Å². The molecule has 3 rings (SSSR count). The lowest BCUT2D eigenvalue weighted by Crippen LogP contribution is -2.29. The van der Waals surface area contributed by atoms with Gasteiger partial charge in [-0.25, -0.2) is 4.99 Å². The fourth-order valence-electron chi connectivity index (χ4n) is 4.16. The highest BCUT2D eigenvalue weighted by molar-refractivity contribution is 6.30. The van der Waals surface area contributed by atoms with Crippen LogP contribution < -0.4 is 16.2 Å². The lowest BCUT2D eigenvalue weighted by molar-refractivity contribution is 0.136. The van der Waals surface area contributed by atoms with Crippen molar-refractivity contribution in [1.82, 2.24) is 0 Å². The van der Waals surface area contributed by atoms with Gasteiger partial charge >= 0.3 is 0 Å². The number of hydrogen-bond donors (Lipinski definition) is 2. The largest absolute Gasteiger partial charge is 0.494 e. The van der Waals surface area contributed by atoms with Crippen LogP contribution in [0.4, 0.5) is 0 Å². The van der Waals surface area contributed by atoms with Gasteiger partial charge in [-0.3, -0.25) is 0 Å². The van der Waals surface area contributed by atoms with Crippen LogP contribution >= 0.6 is 11.6 Å². The van der Waals surface area contributed by atoms with E-state index in [0.29, 0.717) is 12.0 Å². The van der Waals surface area contributed by atoms with Crippen molar-refractivity contribution in [3.8, 4) is 5.75 Å². The van der Waals surface area contributed by atoms with Gasteiger partial charge in [-0.15, -0.1) is 0 Å². The lowest BCUT2D eigenvalue weighted by Gasteiger charge is -2.37. The topological polar surface area (TPSA) is 73.6 Å². The first-order valence-corrected chi connectivity index (χ1v) is 10.4. The summed E-state index contributed by atoms with van der Waals surface area (Å²) in [6, 6.07) is 16.3. The Labute approximate surface area is 172 Å². The summed E-state index contributed by atoms with van der Waals surface area (Å²) in [7, 11) is 0. The van der Waals surface area contributed by atoms with Crippen LogP contribution in [-0.2, 0) is 13.0 Å². The Morgan fingerprint density at radius 1 is 1.00 bits per heavy atom. The van der Waals surface area contributed by atoms with E-state index in [1.54, 1.807) is 0 Å². The second-order valence-electron chi connectivity index (χ2n) is 7.85. The number of guanidine groups is 1. The van der Waals surface area contributed by atoms with Gasteiger partial charge in [0.1, 0.15) is 5.75 Å². The van der Waals surface area contributed by atoms with Crippen LogP contribution in [-0.4, -0.2) is 12.6 Å². The molecule has 0 aromatic heterocycles. The first-order valence-electron chi connectivity index (χ1n) is 10.1. The van der Waals surface area contributed by atoms with Gasteiger partial charge in [0.2, 0.25) is 0 Å². The highest BCUT2D eigenvalue weighted by Crippen LogP contribution is 2.42. The summed E-state index contributed by atoms with van der Waals surface area (Å²) in [5.41, 5.74) is 13.5. The van der Waals surface area contributed by atoms with Crippen LogP contribution in [0.3, 0.4) is 0 Å². The molecular formula is C23H30ClN3O.